The molecule has 0 aromatic carbocycles. The van der Waals surface area contributed by atoms with Crippen LogP contribution in [0, 0.1) is 0 Å². The third-order valence-corrected chi connectivity index (χ3v) is 0. The zero-order chi connectivity index (χ0) is 5.45. The Balaban J connectivity index is 4.16. The fourth-order valence-corrected chi connectivity index (χ4v) is 0. The van der Waals surface area contributed by atoms with Crippen LogP contribution in [0.5, 0.6) is 0 Å². The maximum atomic E-state index is 9.46. The van der Waals surface area contributed by atoms with Crippen molar-refractivity contribution < 1.29 is 13.3 Å². The van der Waals surface area contributed by atoms with Crippen molar-refractivity contribution in [3.8, 4) is 0 Å². The standard InChI is InChI=1S/H6N2O3S/c1-6(2,3,4)5/h(H6,1,2,3,4,5). The first-order chi connectivity index (χ1) is 2.24. The summed E-state index contributed by atoms with van der Waals surface area (Å²) in [6.45, 7) is 0. The Morgan fingerprint density at radius 3 is 1.33 bits per heavy atom. The molecule has 40 valence electrons. The van der Waals surface area contributed by atoms with Gasteiger partial charge in [-0.15, -0.1) is 0 Å². The van der Waals surface area contributed by atoms with E-state index < -0.39 is 10.00 Å². The first kappa shape index (κ1) is 5.99. The van der Waals surface area contributed by atoms with E-state index in [1.807, 2.05) is 0 Å². The quantitative estimate of drug-likeness (QED) is 0.307. The summed E-state index contributed by atoms with van der Waals surface area (Å²) in [5.41, 5.74) is 0. The smallest absolute Gasteiger partial charge is 0.191 e. The lowest BCUT2D eigenvalue weighted by Crippen LogP contribution is -2.49. The first-order valence-corrected chi connectivity index (χ1v) is 3.01. The van der Waals surface area contributed by atoms with Gasteiger partial charge in [-0.05, 0) is 0 Å². The SMILES string of the molecule is NS(N)(=O)(O)O. The summed E-state index contributed by atoms with van der Waals surface area (Å²) >= 11 is 0. The van der Waals surface area contributed by atoms with Crippen molar-refractivity contribution in [1.82, 2.24) is 0 Å². The van der Waals surface area contributed by atoms with Crippen molar-refractivity contribution >= 4 is 10.00 Å². The predicted molar refractivity (Wildman–Crippen MR) is 21.8 cm³/mol. The highest BCUT2D eigenvalue weighted by molar-refractivity contribution is 8.06. The molecule has 0 aliphatic rings. The fraction of sp³-hybridized carbons (Fsp3) is 0. The van der Waals surface area contributed by atoms with Crippen LogP contribution >= 0.6 is 0 Å². The largest absolute Gasteiger partial charge is 0.286 e. The van der Waals surface area contributed by atoms with Crippen LogP contribution in [0.4, 0.5) is 0 Å². The van der Waals surface area contributed by atoms with Crippen LogP contribution in [-0.2, 0) is 10.00 Å². The number of hydrogen-bond acceptors (Lipinski definition) is 1. The molecule has 5 nitrogen and oxygen atoms in total. The van der Waals surface area contributed by atoms with Gasteiger partial charge in [0.25, 0.3) is 0 Å². The zero-order valence-corrected chi connectivity index (χ0v) is 3.68. The van der Waals surface area contributed by atoms with E-state index in [1.165, 1.54) is 0 Å². The second-order valence-corrected chi connectivity index (χ2v) is 2.94. The Kier molecular flexibility index (Phi) is 0.795. The lowest BCUT2D eigenvalue weighted by atomic mass is 13.9. The summed E-state index contributed by atoms with van der Waals surface area (Å²) in [5, 5.41) is 8.08. The van der Waals surface area contributed by atoms with Gasteiger partial charge in [0.05, 0.1) is 0 Å². The molecule has 6 heteroatoms. The molecule has 0 bridgehead atoms. The molecule has 0 aliphatic heterocycles. The van der Waals surface area contributed by atoms with Gasteiger partial charge in [-0.3, -0.25) is 9.11 Å². The normalized spacial score (nSPS) is 19.0. The molecule has 0 fully saturated rings. The van der Waals surface area contributed by atoms with E-state index in [9.17, 15) is 4.21 Å². The van der Waals surface area contributed by atoms with Crippen molar-refractivity contribution in [1.29, 1.82) is 0 Å². The molecular formula is H6N2O3S. The molecule has 0 unspecified atom stereocenters. The average Bonchev–Trinajstić information content (AvgIpc) is 0.650. The predicted octanol–water partition coefficient (Wildman–Crippen LogP) is -1.50. The molecule has 0 heterocycles. The van der Waals surface area contributed by atoms with Crippen molar-refractivity contribution in [3.63, 3.8) is 0 Å². The topological polar surface area (TPSA) is 110 Å². The maximum Gasteiger partial charge on any atom is 0.191 e. The molecule has 0 rings (SSSR count). The van der Waals surface area contributed by atoms with Gasteiger partial charge in [-0.1, -0.05) is 0 Å². The highest BCUT2D eigenvalue weighted by Gasteiger charge is 2.11. The Bertz CT molecular complexity index is 86.5. The molecule has 0 amide bonds. The molecule has 0 saturated carbocycles. The summed E-state index contributed by atoms with van der Waals surface area (Å²) in [7, 11) is -5.10. The highest BCUT2D eigenvalue weighted by Crippen LogP contribution is 1.86. The molecule has 6 N–H and O–H groups in total. The van der Waals surface area contributed by atoms with E-state index in [0.29, 0.717) is 0 Å². The van der Waals surface area contributed by atoms with Gasteiger partial charge in [-0.25, -0.2) is 10.3 Å². The fourth-order valence-electron chi connectivity index (χ4n) is 0. The molecular weight excluding hydrogens is 108 g/mol. The molecule has 0 atom stereocenters. The average molecular weight is 114 g/mol. The lowest BCUT2D eigenvalue weighted by molar-refractivity contribution is 0.393. The second-order valence-electron chi connectivity index (χ2n) is 0.981. The molecule has 0 radical (unpaired) electrons. The van der Waals surface area contributed by atoms with Crippen molar-refractivity contribution in [2.45, 2.75) is 0 Å². The lowest BCUT2D eigenvalue weighted by Gasteiger charge is -2.16. The Morgan fingerprint density at radius 1 is 1.33 bits per heavy atom. The van der Waals surface area contributed by atoms with Gasteiger partial charge in [0, 0.05) is 0 Å². The van der Waals surface area contributed by atoms with Gasteiger partial charge >= 0.3 is 0 Å². The summed E-state index contributed by atoms with van der Waals surface area (Å²) in [5.74, 6) is 0. The number of rotatable bonds is 0. The van der Waals surface area contributed by atoms with Crippen LogP contribution in [0.2, 0.25) is 0 Å². The van der Waals surface area contributed by atoms with Gasteiger partial charge < -0.3 is 0 Å². The summed E-state index contributed by atoms with van der Waals surface area (Å²) < 4.78 is 24.8. The minimum absolute atomic E-state index is 4.04. The van der Waals surface area contributed by atoms with Crippen molar-refractivity contribution in [2.24, 2.45) is 10.3 Å². The van der Waals surface area contributed by atoms with E-state index in [4.69, 9.17) is 9.11 Å². The molecule has 0 spiro atoms. The van der Waals surface area contributed by atoms with Crippen LogP contribution in [-0.4, -0.2) is 13.3 Å². The van der Waals surface area contributed by atoms with Crippen LogP contribution in [0.3, 0.4) is 0 Å². The number of hydrogen-bond donors (Lipinski definition) is 4. The molecule has 0 aliphatic carbocycles. The van der Waals surface area contributed by atoms with Crippen LogP contribution < -0.4 is 10.3 Å². The van der Waals surface area contributed by atoms with Crippen LogP contribution in [0.15, 0.2) is 0 Å². The summed E-state index contributed by atoms with van der Waals surface area (Å²) in [6.07, 6.45) is 0. The molecule has 0 saturated heterocycles. The molecule has 6 heavy (non-hydrogen) atoms. The minimum Gasteiger partial charge on any atom is -0.286 e. The van der Waals surface area contributed by atoms with Gasteiger partial charge in [-0.2, -0.15) is 4.21 Å². The first-order valence-electron chi connectivity index (χ1n) is 1.00. The Hall–Kier alpha value is -0.0100. The number of nitrogens with two attached hydrogens (primary N) is 2. The van der Waals surface area contributed by atoms with E-state index in [-0.39, 0.29) is 0 Å². The summed E-state index contributed by atoms with van der Waals surface area (Å²) in [4.78, 5) is 0. The van der Waals surface area contributed by atoms with Crippen LogP contribution in [0.1, 0.15) is 0 Å². The second kappa shape index (κ2) is 0.796. The minimum atomic E-state index is -5.10. The van der Waals surface area contributed by atoms with E-state index >= 15 is 0 Å². The zero-order valence-electron chi connectivity index (χ0n) is 2.87. The van der Waals surface area contributed by atoms with Gasteiger partial charge in [0.1, 0.15) is 0 Å². The molecule has 0 aromatic rings. The van der Waals surface area contributed by atoms with E-state index in [1.54, 1.807) is 0 Å². The summed E-state index contributed by atoms with van der Waals surface area (Å²) in [6, 6.07) is 0. The van der Waals surface area contributed by atoms with Crippen LogP contribution in [0.25, 0.3) is 0 Å². The van der Waals surface area contributed by atoms with E-state index in [0.717, 1.165) is 0 Å². The Labute approximate surface area is 34.6 Å². The third kappa shape index (κ3) is 357000. The van der Waals surface area contributed by atoms with E-state index in [2.05, 4.69) is 10.3 Å². The van der Waals surface area contributed by atoms with Crippen molar-refractivity contribution in [3.05, 3.63) is 0 Å². The van der Waals surface area contributed by atoms with Crippen molar-refractivity contribution in [2.75, 3.05) is 0 Å². The van der Waals surface area contributed by atoms with Gasteiger partial charge in [0.15, 0.2) is 10.00 Å². The monoisotopic (exact) mass is 114 g/mol. The Morgan fingerprint density at radius 2 is 1.33 bits per heavy atom. The van der Waals surface area contributed by atoms with Gasteiger partial charge in [0.2, 0.25) is 0 Å². The maximum absolute atomic E-state index is 9.46. The molecule has 0 aromatic heterocycles. The third-order valence-electron chi connectivity index (χ3n) is 0. The highest BCUT2D eigenvalue weighted by atomic mass is 32.3.